The molecule has 1 aliphatic carbocycles. The van der Waals surface area contributed by atoms with Crippen LogP contribution in [0.1, 0.15) is 39.2 Å². The molecule has 1 aromatic carbocycles. The highest BCUT2D eigenvalue weighted by Gasteiger charge is 2.35. The maximum absolute atomic E-state index is 12.6. The summed E-state index contributed by atoms with van der Waals surface area (Å²) in [7, 11) is 3.43. The molecule has 2 amide bonds. The summed E-state index contributed by atoms with van der Waals surface area (Å²) in [5.41, 5.74) is 0.900. The average molecular weight is 426 g/mol. The number of nitrogens with one attached hydrogen (secondary N) is 2. The molecule has 8 heteroatoms. The van der Waals surface area contributed by atoms with Gasteiger partial charge in [0.15, 0.2) is 0 Å². The van der Waals surface area contributed by atoms with E-state index in [0.29, 0.717) is 28.9 Å². The minimum absolute atomic E-state index is 0.0714. The number of rotatable bonds is 8. The van der Waals surface area contributed by atoms with Crippen LogP contribution in [0.5, 0.6) is 5.75 Å². The second-order valence-corrected chi connectivity index (χ2v) is 8.96. The predicted octanol–water partition coefficient (Wildman–Crippen LogP) is 3.83. The number of likely N-dealkylation sites (N-methyl/N-ethyl adjacent to an activating group) is 1. The number of hydrogen-bond donors (Lipinski definition) is 2. The van der Waals surface area contributed by atoms with Gasteiger partial charge in [0.25, 0.3) is 0 Å². The molecule has 162 valence electrons. The number of amides is 2. The molecule has 0 radical (unpaired) electrons. The maximum Gasteiger partial charge on any atom is 0.407 e. The Labute approximate surface area is 178 Å². The molecule has 1 aromatic rings. The van der Waals surface area contributed by atoms with Crippen LogP contribution < -0.4 is 15.4 Å². The number of halogens is 1. The number of hydrogen-bond acceptors (Lipinski definition) is 5. The summed E-state index contributed by atoms with van der Waals surface area (Å²) in [5, 5.41) is 6.30. The van der Waals surface area contributed by atoms with Crippen molar-refractivity contribution in [3.8, 4) is 5.75 Å². The van der Waals surface area contributed by atoms with Crippen molar-refractivity contribution < 1.29 is 19.1 Å². The monoisotopic (exact) mass is 425 g/mol. The van der Waals surface area contributed by atoms with Gasteiger partial charge in [0.2, 0.25) is 5.91 Å². The molecule has 7 nitrogen and oxygen atoms in total. The lowest BCUT2D eigenvalue weighted by Gasteiger charge is -2.28. The Balaban J connectivity index is 1.94. The Hall–Kier alpha value is -1.99. The molecule has 29 heavy (non-hydrogen) atoms. The highest BCUT2D eigenvalue weighted by Crippen LogP contribution is 2.35. The number of aryl methyl sites for hydroxylation is 1. The van der Waals surface area contributed by atoms with Gasteiger partial charge in [0, 0.05) is 23.7 Å². The molecule has 0 aliphatic heterocycles. The molecular formula is C21H32ClN3O4. The summed E-state index contributed by atoms with van der Waals surface area (Å²) in [5.74, 6) is 0.826. The zero-order valence-electron chi connectivity index (χ0n) is 18.1. The van der Waals surface area contributed by atoms with Crippen molar-refractivity contribution in [1.29, 1.82) is 0 Å². The first kappa shape index (κ1) is 23.3. The van der Waals surface area contributed by atoms with Gasteiger partial charge in [-0.3, -0.25) is 9.69 Å². The summed E-state index contributed by atoms with van der Waals surface area (Å²) in [6.45, 7) is 7.99. The zero-order chi connectivity index (χ0) is 21.8. The molecule has 2 N–H and O–H groups in total. The van der Waals surface area contributed by atoms with Crippen LogP contribution in [0.15, 0.2) is 12.1 Å². The first-order chi connectivity index (χ1) is 13.5. The van der Waals surface area contributed by atoms with Crippen LogP contribution >= 0.6 is 11.6 Å². The quantitative estimate of drug-likeness (QED) is 0.661. The van der Waals surface area contributed by atoms with Crippen molar-refractivity contribution >= 4 is 29.3 Å². The van der Waals surface area contributed by atoms with E-state index in [4.69, 9.17) is 21.1 Å². The third-order valence-electron chi connectivity index (χ3n) is 4.73. The van der Waals surface area contributed by atoms with Crippen LogP contribution in [0, 0.1) is 12.8 Å². The topological polar surface area (TPSA) is 79.9 Å². The third-order valence-corrected chi connectivity index (χ3v) is 5.14. The number of alkyl carbamates (subject to hydrolysis) is 1. The molecule has 1 unspecified atom stereocenters. The van der Waals surface area contributed by atoms with Crippen LogP contribution in [-0.2, 0) is 9.53 Å². The molecule has 2 rings (SSSR count). The Morgan fingerprint density at radius 3 is 2.52 bits per heavy atom. The van der Waals surface area contributed by atoms with Gasteiger partial charge in [-0.2, -0.15) is 0 Å². The Morgan fingerprint density at radius 1 is 1.31 bits per heavy atom. The fraction of sp³-hybridized carbons (Fsp3) is 0.619. The minimum Gasteiger partial charge on any atom is -0.495 e. The minimum atomic E-state index is -0.541. The van der Waals surface area contributed by atoms with Gasteiger partial charge in [-0.15, -0.1) is 0 Å². The van der Waals surface area contributed by atoms with Gasteiger partial charge >= 0.3 is 6.09 Å². The van der Waals surface area contributed by atoms with Crippen LogP contribution in [0.2, 0.25) is 5.02 Å². The van der Waals surface area contributed by atoms with E-state index in [1.165, 1.54) is 7.11 Å². The van der Waals surface area contributed by atoms with Gasteiger partial charge in [-0.25, -0.2) is 4.79 Å². The van der Waals surface area contributed by atoms with E-state index < -0.39 is 11.7 Å². The van der Waals surface area contributed by atoms with E-state index in [1.54, 1.807) is 12.1 Å². The van der Waals surface area contributed by atoms with Gasteiger partial charge in [0.05, 0.1) is 19.3 Å². The summed E-state index contributed by atoms with van der Waals surface area (Å²) >= 11 is 6.12. The van der Waals surface area contributed by atoms with E-state index in [1.807, 2.05) is 39.6 Å². The van der Waals surface area contributed by atoms with Crippen LogP contribution in [0.3, 0.4) is 0 Å². The lowest BCUT2D eigenvalue weighted by Crippen LogP contribution is -2.47. The molecule has 0 spiro atoms. The smallest absolute Gasteiger partial charge is 0.407 e. The molecule has 1 aliphatic rings. The molecule has 0 saturated heterocycles. The predicted molar refractivity (Wildman–Crippen MR) is 115 cm³/mol. The van der Waals surface area contributed by atoms with E-state index in [0.717, 1.165) is 18.4 Å². The number of benzene rings is 1. The summed E-state index contributed by atoms with van der Waals surface area (Å²) in [6, 6.07) is 3.55. The lowest BCUT2D eigenvalue weighted by atomic mass is 10.1. The van der Waals surface area contributed by atoms with Gasteiger partial charge in [0.1, 0.15) is 11.4 Å². The largest absolute Gasteiger partial charge is 0.495 e. The Kier molecular flexibility index (Phi) is 7.77. The van der Waals surface area contributed by atoms with E-state index in [-0.39, 0.29) is 18.5 Å². The van der Waals surface area contributed by atoms with E-state index in [9.17, 15) is 9.59 Å². The van der Waals surface area contributed by atoms with Crippen LogP contribution in [-0.4, -0.2) is 55.8 Å². The number of nitrogens with zero attached hydrogens (tertiary/aromatic N) is 1. The van der Waals surface area contributed by atoms with Crippen molar-refractivity contribution in [2.45, 2.75) is 52.2 Å². The fourth-order valence-corrected chi connectivity index (χ4v) is 3.28. The third kappa shape index (κ3) is 7.40. The summed E-state index contributed by atoms with van der Waals surface area (Å²) in [4.78, 5) is 26.5. The number of anilines is 1. The number of ether oxygens (including phenoxy) is 2. The Morgan fingerprint density at radius 2 is 1.97 bits per heavy atom. The number of carbonyl (C=O) groups is 2. The first-order valence-corrected chi connectivity index (χ1v) is 10.2. The van der Waals surface area contributed by atoms with Crippen LogP contribution in [0.4, 0.5) is 10.5 Å². The summed E-state index contributed by atoms with van der Waals surface area (Å²) in [6.07, 6.45) is 1.75. The Bertz CT molecular complexity index is 744. The fourth-order valence-electron chi connectivity index (χ4n) is 3.13. The highest BCUT2D eigenvalue weighted by atomic mass is 35.5. The lowest BCUT2D eigenvalue weighted by molar-refractivity contribution is -0.117. The molecule has 1 atom stereocenters. The second kappa shape index (κ2) is 9.67. The van der Waals surface area contributed by atoms with Crippen molar-refractivity contribution in [1.82, 2.24) is 10.2 Å². The normalized spacial score (nSPS) is 15.0. The molecule has 0 bridgehead atoms. The second-order valence-electron chi connectivity index (χ2n) is 8.55. The van der Waals surface area contributed by atoms with E-state index in [2.05, 4.69) is 10.6 Å². The standard InChI is InChI=1S/C21H32ClN3O4/c1-13-9-16(18(28-6)10-15(13)22)24-19(26)12-25(5)17(14-7-8-14)11-23-20(27)29-21(2,3)4/h9-10,14,17H,7-8,11-12H2,1-6H3,(H,23,27)(H,24,26). The zero-order valence-corrected chi connectivity index (χ0v) is 18.9. The van der Waals surface area contributed by atoms with Gasteiger partial charge in [-0.1, -0.05) is 11.6 Å². The van der Waals surface area contributed by atoms with Gasteiger partial charge in [-0.05, 0) is 65.1 Å². The first-order valence-electron chi connectivity index (χ1n) is 9.81. The molecule has 0 aromatic heterocycles. The number of methoxy groups -OCH3 is 1. The maximum atomic E-state index is 12.6. The van der Waals surface area contributed by atoms with E-state index >= 15 is 0 Å². The van der Waals surface area contributed by atoms with Crippen LogP contribution in [0.25, 0.3) is 0 Å². The van der Waals surface area contributed by atoms with Crippen molar-refractivity contribution in [3.63, 3.8) is 0 Å². The van der Waals surface area contributed by atoms with Crippen molar-refractivity contribution in [3.05, 3.63) is 22.7 Å². The molecule has 1 saturated carbocycles. The molecular weight excluding hydrogens is 394 g/mol. The number of carbonyl (C=O) groups excluding carboxylic acids is 2. The van der Waals surface area contributed by atoms with Crippen molar-refractivity contribution in [2.75, 3.05) is 32.6 Å². The molecule has 0 heterocycles. The van der Waals surface area contributed by atoms with Crippen molar-refractivity contribution in [2.24, 2.45) is 5.92 Å². The summed E-state index contributed by atoms with van der Waals surface area (Å²) < 4.78 is 10.6. The highest BCUT2D eigenvalue weighted by molar-refractivity contribution is 6.31. The molecule has 1 fully saturated rings. The SMILES string of the molecule is COc1cc(Cl)c(C)cc1NC(=O)CN(C)C(CNC(=O)OC(C)(C)C)C1CC1. The van der Waals surface area contributed by atoms with Gasteiger partial charge < -0.3 is 20.1 Å². The average Bonchev–Trinajstić information content (AvgIpc) is 3.41.